The van der Waals surface area contributed by atoms with Crippen LogP contribution in [0.3, 0.4) is 0 Å². The molecule has 0 amide bonds. The molecule has 0 aromatic heterocycles. The molecule has 0 unspecified atom stereocenters. The third kappa shape index (κ3) is 2.68. The summed E-state index contributed by atoms with van der Waals surface area (Å²) in [6.07, 6.45) is 1.07. The van der Waals surface area contributed by atoms with Crippen LogP contribution in [0.4, 0.5) is 8.78 Å². The Kier molecular flexibility index (Phi) is 4.87. The standard InChI is InChI=1S/C28H34F2O7/c1-24-4-3-15(32)5-18(24)19(29)6-17-16-7-22-28(21(34)11-31,25(16,2)10-20(33)27(17,24)30)37-23(36-22)14-8-26(9-14)12-35-13-26/h3-5,14,16-17,19-20,22-23,31,33H,6-13H2,1-2H3/t16-,17-,19-,20-,22+,23+,24-,25-,27-,28+/m0/s1. The second kappa shape index (κ2) is 7.36. The van der Waals surface area contributed by atoms with E-state index in [4.69, 9.17) is 14.2 Å². The first-order valence-electron chi connectivity index (χ1n) is 13.5. The fourth-order valence-corrected chi connectivity index (χ4v) is 9.67. The lowest BCUT2D eigenvalue weighted by Crippen LogP contribution is -2.71. The van der Waals surface area contributed by atoms with Gasteiger partial charge < -0.3 is 24.4 Å². The second-order valence-electron chi connectivity index (χ2n) is 13.2. The molecule has 2 aliphatic heterocycles. The summed E-state index contributed by atoms with van der Waals surface area (Å²) in [6.45, 7) is 4.03. The number of allylic oxidation sites excluding steroid dienone is 4. The Labute approximate surface area is 214 Å². The van der Waals surface area contributed by atoms with E-state index in [1.54, 1.807) is 6.92 Å². The number of carbonyl (C=O) groups is 2. The Morgan fingerprint density at radius 1 is 1.16 bits per heavy atom. The van der Waals surface area contributed by atoms with E-state index in [1.807, 2.05) is 6.92 Å². The van der Waals surface area contributed by atoms with Gasteiger partial charge in [-0.1, -0.05) is 13.0 Å². The van der Waals surface area contributed by atoms with Crippen molar-refractivity contribution >= 4 is 11.6 Å². The Hall–Kier alpha value is -1.52. The molecule has 0 aromatic carbocycles. The number of rotatable bonds is 3. The molecule has 7 nitrogen and oxygen atoms in total. The molecule has 202 valence electrons. The highest BCUT2D eigenvalue weighted by atomic mass is 19.1. The van der Waals surface area contributed by atoms with Gasteiger partial charge in [-0.15, -0.1) is 0 Å². The van der Waals surface area contributed by atoms with Crippen LogP contribution in [0.25, 0.3) is 0 Å². The number of fused-ring (bicyclic) bond motifs is 7. The quantitative estimate of drug-likeness (QED) is 0.589. The zero-order valence-corrected chi connectivity index (χ0v) is 21.1. The van der Waals surface area contributed by atoms with E-state index in [-0.39, 0.29) is 36.2 Å². The molecule has 2 heterocycles. The fraction of sp³-hybridized carbons (Fsp3) is 0.786. The predicted molar refractivity (Wildman–Crippen MR) is 125 cm³/mol. The van der Waals surface area contributed by atoms with Gasteiger partial charge in [0.2, 0.25) is 0 Å². The van der Waals surface area contributed by atoms with Crippen LogP contribution >= 0.6 is 0 Å². The molecular weight excluding hydrogens is 486 g/mol. The summed E-state index contributed by atoms with van der Waals surface area (Å²) >= 11 is 0. The van der Waals surface area contributed by atoms with Crippen molar-refractivity contribution in [2.24, 2.45) is 34.0 Å². The van der Waals surface area contributed by atoms with Crippen molar-refractivity contribution in [3.05, 3.63) is 23.8 Å². The van der Waals surface area contributed by atoms with E-state index < -0.39 is 76.8 Å². The molecule has 7 aliphatic rings. The van der Waals surface area contributed by atoms with Crippen molar-refractivity contribution in [1.29, 1.82) is 0 Å². The molecular formula is C28H34F2O7. The zero-order chi connectivity index (χ0) is 26.2. The smallest absolute Gasteiger partial charge is 0.193 e. The number of halogens is 2. The largest absolute Gasteiger partial charge is 0.390 e. The molecule has 9 heteroatoms. The second-order valence-corrected chi connectivity index (χ2v) is 13.2. The summed E-state index contributed by atoms with van der Waals surface area (Å²) in [5, 5.41) is 21.6. The number of ketones is 2. The number of aliphatic hydroxyl groups excluding tert-OH is 2. The maximum Gasteiger partial charge on any atom is 0.193 e. The van der Waals surface area contributed by atoms with Crippen LogP contribution in [0.2, 0.25) is 0 Å². The highest BCUT2D eigenvalue weighted by molar-refractivity contribution is 6.01. The van der Waals surface area contributed by atoms with Crippen LogP contribution in [-0.4, -0.2) is 77.5 Å². The first kappa shape index (κ1) is 24.5. The lowest BCUT2D eigenvalue weighted by atomic mass is 9.44. The first-order valence-corrected chi connectivity index (χ1v) is 13.5. The van der Waals surface area contributed by atoms with E-state index in [0.29, 0.717) is 13.2 Å². The van der Waals surface area contributed by atoms with Crippen LogP contribution in [0.1, 0.15) is 46.0 Å². The van der Waals surface area contributed by atoms with Gasteiger partial charge in [0, 0.05) is 28.1 Å². The third-order valence-electron chi connectivity index (χ3n) is 11.5. The number of alkyl halides is 2. The van der Waals surface area contributed by atoms with Crippen molar-refractivity contribution in [3.8, 4) is 0 Å². The summed E-state index contributed by atoms with van der Waals surface area (Å²) in [6, 6.07) is 0. The lowest BCUT2D eigenvalue weighted by molar-refractivity contribution is -0.260. The third-order valence-corrected chi connectivity index (χ3v) is 11.5. The summed E-state index contributed by atoms with van der Waals surface area (Å²) in [4.78, 5) is 25.5. The molecule has 7 rings (SSSR count). The minimum Gasteiger partial charge on any atom is -0.390 e. The van der Waals surface area contributed by atoms with Crippen molar-refractivity contribution in [1.82, 2.24) is 0 Å². The molecule has 10 atom stereocenters. The number of Topliss-reactive ketones (excluding diaryl/α,β-unsaturated/α-hetero) is 1. The van der Waals surface area contributed by atoms with Crippen molar-refractivity contribution in [3.63, 3.8) is 0 Å². The summed E-state index contributed by atoms with van der Waals surface area (Å²) in [7, 11) is 0. The van der Waals surface area contributed by atoms with Gasteiger partial charge in [-0.2, -0.15) is 0 Å². The molecule has 2 N–H and O–H groups in total. The van der Waals surface area contributed by atoms with Crippen molar-refractivity contribution < 1.29 is 42.8 Å². The predicted octanol–water partition coefficient (Wildman–Crippen LogP) is 2.38. The molecule has 4 saturated carbocycles. The van der Waals surface area contributed by atoms with Crippen LogP contribution < -0.4 is 0 Å². The van der Waals surface area contributed by atoms with E-state index in [9.17, 15) is 19.8 Å². The number of hydrogen-bond donors (Lipinski definition) is 2. The highest BCUT2D eigenvalue weighted by Crippen LogP contribution is 2.72. The Morgan fingerprint density at radius 3 is 2.54 bits per heavy atom. The van der Waals surface area contributed by atoms with E-state index in [0.717, 1.165) is 18.9 Å². The zero-order valence-electron chi connectivity index (χ0n) is 21.1. The molecule has 0 aromatic rings. The van der Waals surface area contributed by atoms with Crippen LogP contribution in [0.5, 0.6) is 0 Å². The molecule has 0 radical (unpaired) electrons. The van der Waals surface area contributed by atoms with Crippen LogP contribution in [0.15, 0.2) is 23.8 Å². The topological polar surface area (TPSA) is 102 Å². The molecule has 1 spiro atoms. The average Bonchev–Trinajstić information content (AvgIpc) is 3.28. The van der Waals surface area contributed by atoms with Gasteiger partial charge in [0.05, 0.1) is 25.4 Å². The van der Waals surface area contributed by atoms with Crippen molar-refractivity contribution in [2.45, 2.75) is 81.9 Å². The average molecular weight is 521 g/mol. The summed E-state index contributed by atoms with van der Waals surface area (Å²) in [5.41, 5.74) is -6.12. The molecule has 5 aliphatic carbocycles. The summed E-state index contributed by atoms with van der Waals surface area (Å²) < 4.78 is 51.3. The summed E-state index contributed by atoms with van der Waals surface area (Å²) in [5.74, 6) is -2.30. The maximum atomic E-state index is 17.4. The number of ether oxygens (including phenoxy) is 3. The van der Waals surface area contributed by atoms with E-state index >= 15 is 8.78 Å². The van der Waals surface area contributed by atoms with Gasteiger partial charge in [-0.05, 0) is 62.7 Å². The SMILES string of the molecule is C[C@]12C=CC(=O)C=C1[C@@H](F)C[C@H]1[C@@H]3C[C@H]4O[C@@H](C5CC6(COC6)C5)O[C@@]4(C(=O)CO)[C@@]3(C)C[C@H](O)[C@@]12F. The normalized spacial score (nSPS) is 53.5. The van der Waals surface area contributed by atoms with E-state index in [2.05, 4.69) is 0 Å². The fourth-order valence-electron chi connectivity index (χ4n) is 9.67. The van der Waals surface area contributed by atoms with Gasteiger partial charge in [0.25, 0.3) is 0 Å². The van der Waals surface area contributed by atoms with Gasteiger partial charge in [-0.25, -0.2) is 8.78 Å². The minimum absolute atomic E-state index is 0.0622. The van der Waals surface area contributed by atoms with Crippen molar-refractivity contribution in [2.75, 3.05) is 19.8 Å². The van der Waals surface area contributed by atoms with Gasteiger partial charge in [0.15, 0.2) is 29.1 Å². The molecule has 0 bridgehead atoms. The van der Waals surface area contributed by atoms with E-state index in [1.165, 1.54) is 12.2 Å². The molecule has 2 saturated heterocycles. The first-order chi connectivity index (χ1) is 17.4. The van der Waals surface area contributed by atoms with Crippen LogP contribution in [0, 0.1) is 34.0 Å². The van der Waals surface area contributed by atoms with Gasteiger partial charge in [-0.3, -0.25) is 9.59 Å². The lowest BCUT2D eigenvalue weighted by Gasteiger charge is -2.63. The highest BCUT2D eigenvalue weighted by Gasteiger charge is 2.80. The van der Waals surface area contributed by atoms with Gasteiger partial charge >= 0.3 is 0 Å². The number of aliphatic hydroxyl groups is 2. The monoisotopic (exact) mass is 520 g/mol. The number of carbonyl (C=O) groups excluding carboxylic acids is 2. The maximum absolute atomic E-state index is 17.4. The Morgan fingerprint density at radius 2 is 1.89 bits per heavy atom. The molecule has 6 fully saturated rings. The number of hydrogen-bond acceptors (Lipinski definition) is 7. The Balaban J connectivity index is 1.26. The van der Waals surface area contributed by atoms with Crippen LogP contribution in [-0.2, 0) is 23.8 Å². The molecule has 37 heavy (non-hydrogen) atoms. The van der Waals surface area contributed by atoms with Gasteiger partial charge in [0.1, 0.15) is 12.8 Å². The minimum atomic E-state index is -2.24. The Bertz CT molecular complexity index is 1130.